The van der Waals surface area contributed by atoms with Crippen LogP contribution in [0, 0.1) is 0 Å². The van der Waals surface area contributed by atoms with Gasteiger partial charge in [-0.15, -0.1) is 0 Å². The molecule has 1 aromatic heterocycles. The van der Waals surface area contributed by atoms with Crippen molar-refractivity contribution in [3.05, 3.63) is 84.2 Å². The van der Waals surface area contributed by atoms with E-state index in [1.54, 1.807) is 43.5 Å². The molecule has 0 bridgehead atoms. The Balaban J connectivity index is 1.85. The summed E-state index contributed by atoms with van der Waals surface area (Å²) < 4.78 is 5.06. The maximum absolute atomic E-state index is 12.8. The first-order chi connectivity index (χ1) is 14.1. The molecule has 1 amide bonds. The molecule has 0 radical (unpaired) electrons. The topological polar surface area (TPSA) is 71.5 Å². The number of benzene rings is 2. The number of carbonyl (C=O) groups excluding carboxylic acids is 2. The van der Waals surface area contributed by atoms with E-state index < -0.39 is 11.9 Å². The minimum absolute atomic E-state index is 0.260. The average Bonchev–Trinajstić information content (AvgIpc) is 2.76. The molecule has 3 rings (SSSR count). The van der Waals surface area contributed by atoms with E-state index in [0.29, 0.717) is 11.3 Å². The van der Waals surface area contributed by atoms with Gasteiger partial charge in [-0.25, -0.2) is 4.79 Å². The van der Waals surface area contributed by atoms with Gasteiger partial charge in [0.15, 0.2) is 0 Å². The van der Waals surface area contributed by atoms with Gasteiger partial charge in [-0.3, -0.25) is 9.78 Å². The molecule has 0 atom stereocenters. The number of hydrogen-bond acceptors (Lipinski definition) is 5. The zero-order valence-corrected chi connectivity index (χ0v) is 16.5. The number of pyridine rings is 1. The Hall–Kier alpha value is -3.67. The third-order valence-corrected chi connectivity index (χ3v) is 4.34. The van der Waals surface area contributed by atoms with Crippen LogP contribution < -0.4 is 10.2 Å². The highest BCUT2D eigenvalue weighted by Gasteiger charge is 2.17. The zero-order valence-electron chi connectivity index (χ0n) is 16.5. The molecule has 1 heterocycles. The van der Waals surface area contributed by atoms with Gasteiger partial charge in [-0.1, -0.05) is 30.3 Å². The summed E-state index contributed by atoms with van der Waals surface area (Å²) in [5.74, 6) is -0.876. The molecule has 3 aromatic rings. The minimum atomic E-state index is -0.480. The lowest BCUT2D eigenvalue weighted by Crippen LogP contribution is -2.19. The molecule has 0 aliphatic rings. The number of nitrogens with one attached hydrogen (secondary N) is 1. The first-order valence-corrected chi connectivity index (χ1v) is 9.50. The van der Waals surface area contributed by atoms with Gasteiger partial charge in [0.2, 0.25) is 0 Å². The van der Waals surface area contributed by atoms with Crippen LogP contribution in [0.2, 0.25) is 0 Å². The molecule has 0 aliphatic heterocycles. The molecule has 148 valence electrons. The first kappa shape index (κ1) is 20.1. The molecule has 0 spiro atoms. The largest absolute Gasteiger partial charge is 0.462 e. The lowest BCUT2D eigenvalue weighted by atomic mass is 10.1. The van der Waals surface area contributed by atoms with Gasteiger partial charge in [-0.05, 0) is 50.2 Å². The molecule has 0 aliphatic carbocycles. The van der Waals surface area contributed by atoms with Crippen LogP contribution in [0.25, 0.3) is 0 Å². The molecule has 0 fully saturated rings. The number of esters is 1. The third-order valence-electron chi connectivity index (χ3n) is 4.34. The Bertz CT molecular complexity index is 989. The Morgan fingerprint density at radius 1 is 0.966 bits per heavy atom. The summed E-state index contributed by atoms with van der Waals surface area (Å²) in [7, 11) is 0. The van der Waals surface area contributed by atoms with E-state index in [4.69, 9.17) is 4.74 Å². The number of anilines is 3. The number of hydrogen-bond donors (Lipinski definition) is 1. The van der Waals surface area contributed by atoms with Crippen molar-refractivity contribution in [2.45, 2.75) is 13.8 Å². The van der Waals surface area contributed by atoms with Gasteiger partial charge in [0.05, 0.1) is 17.9 Å². The Morgan fingerprint density at radius 3 is 2.41 bits per heavy atom. The van der Waals surface area contributed by atoms with Gasteiger partial charge >= 0.3 is 5.97 Å². The SMILES string of the molecule is CCOC(=O)c1ccccc1NC(=O)c1cc(N(CC)c2ccccc2)ccn1. The molecule has 0 saturated carbocycles. The number of aromatic nitrogens is 1. The van der Waals surface area contributed by atoms with Gasteiger partial charge in [-0.2, -0.15) is 0 Å². The number of amides is 1. The van der Waals surface area contributed by atoms with E-state index in [-0.39, 0.29) is 12.3 Å². The van der Waals surface area contributed by atoms with Crippen molar-refractivity contribution in [1.29, 1.82) is 0 Å². The summed E-state index contributed by atoms with van der Waals surface area (Å²) in [4.78, 5) is 31.2. The summed E-state index contributed by atoms with van der Waals surface area (Å²) in [5.41, 5.74) is 2.84. The molecule has 1 N–H and O–H groups in total. The molecule has 6 nitrogen and oxygen atoms in total. The minimum Gasteiger partial charge on any atom is -0.462 e. The maximum Gasteiger partial charge on any atom is 0.340 e. The molecular formula is C23H23N3O3. The van der Waals surface area contributed by atoms with Crippen molar-refractivity contribution < 1.29 is 14.3 Å². The number of rotatable bonds is 7. The summed E-state index contributed by atoms with van der Waals surface area (Å²) in [5, 5.41) is 2.77. The van der Waals surface area contributed by atoms with Crippen LogP contribution in [0.3, 0.4) is 0 Å². The number of nitrogens with zero attached hydrogens (tertiary/aromatic N) is 2. The van der Waals surface area contributed by atoms with Crippen molar-refractivity contribution in [2.75, 3.05) is 23.4 Å². The van der Waals surface area contributed by atoms with Crippen molar-refractivity contribution in [2.24, 2.45) is 0 Å². The van der Waals surface area contributed by atoms with E-state index in [1.807, 2.05) is 43.3 Å². The maximum atomic E-state index is 12.8. The molecule has 29 heavy (non-hydrogen) atoms. The van der Waals surface area contributed by atoms with Crippen molar-refractivity contribution in [3.8, 4) is 0 Å². The zero-order chi connectivity index (χ0) is 20.6. The Kier molecular flexibility index (Phi) is 6.58. The highest BCUT2D eigenvalue weighted by molar-refractivity contribution is 6.07. The van der Waals surface area contributed by atoms with Crippen LogP contribution >= 0.6 is 0 Å². The van der Waals surface area contributed by atoms with Crippen molar-refractivity contribution in [3.63, 3.8) is 0 Å². The molecule has 6 heteroatoms. The van der Waals surface area contributed by atoms with Crippen LogP contribution in [0.5, 0.6) is 0 Å². The van der Waals surface area contributed by atoms with E-state index in [9.17, 15) is 9.59 Å². The second-order valence-electron chi connectivity index (χ2n) is 6.20. The number of para-hydroxylation sites is 2. The van der Waals surface area contributed by atoms with Gasteiger partial charge < -0.3 is 15.0 Å². The lowest BCUT2D eigenvalue weighted by Gasteiger charge is -2.23. The Labute approximate surface area is 170 Å². The fourth-order valence-corrected chi connectivity index (χ4v) is 3.00. The molecule has 0 unspecified atom stereocenters. The standard InChI is InChI=1S/C23H23N3O3/c1-3-26(17-10-6-5-7-11-17)18-14-15-24-21(16-18)22(27)25-20-13-9-8-12-19(20)23(28)29-4-2/h5-16H,3-4H2,1-2H3,(H,25,27). The summed E-state index contributed by atoms with van der Waals surface area (Å²) in [6, 6.07) is 20.3. The first-order valence-electron chi connectivity index (χ1n) is 9.50. The second kappa shape index (κ2) is 9.50. The van der Waals surface area contributed by atoms with Crippen LogP contribution in [0.4, 0.5) is 17.1 Å². The third kappa shape index (κ3) is 4.79. The fraction of sp³-hybridized carbons (Fsp3) is 0.174. The summed E-state index contributed by atoms with van der Waals surface area (Å²) >= 11 is 0. The molecular weight excluding hydrogens is 366 g/mol. The van der Waals surface area contributed by atoms with Crippen molar-refractivity contribution in [1.82, 2.24) is 4.98 Å². The second-order valence-corrected chi connectivity index (χ2v) is 6.20. The van der Waals surface area contributed by atoms with E-state index in [1.165, 1.54) is 0 Å². The van der Waals surface area contributed by atoms with Crippen molar-refractivity contribution >= 4 is 28.9 Å². The predicted octanol–water partition coefficient (Wildman–Crippen LogP) is 4.67. The van der Waals surface area contributed by atoms with Crippen LogP contribution in [0.15, 0.2) is 72.9 Å². The lowest BCUT2D eigenvalue weighted by molar-refractivity contribution is 0.0527. The number of ether oxygens (including phenoxy) is 1. The molecule has 0 saturated heterocycles. The van der Waals surface area contributed by atoms with E-state index in [2.05, 4.69) is 15.2 Å². The fourth-order valence-electron chi connectivity index (χ4n) is 3.00. The van der Waals surface area contributed by atoms with Gasteiger partial charge in [0.1, 0.15) is 5.69 Å². The Morgan fingerprint density at radius 2 is 1.69 bits per heavy atom. The average molecular weight is 389 g/mol. The highest BCUT2D eigenvalue weighted by atomic mass is 16.5. The van der Waals surface area contributed by atoms with Crippen LogP contribution in [-0.4, -0.2) is 30.0 Å². The van der Waals surface area contributed by atoms with Crippen LogP contribution in [-0.2, 0) is 4.74 Å². The normalized spacial score (nSPS) is 10.3. The van der Waals surface area contributed by atoms with E-state index >= 15 is 0 Å². The van der Waals surface area contributed by atoms with E-state index in [0.717, 1.165) is 17.9 Å². The quantitative estimate of drug-likeness (QED) is 0.595. The highest BCUT2D eigenvalue weighted by Crippen LogP contribution is 2.25. The van der Waals surface area contributed by atoms with Gasteiger partial charge in [0, 0.05) is 24.1 Å². The number of carbonyl (C=O) groups is 2. The van der Waals surface area contributed by atoms with Gasteiger partial charge in [0.25, 0.3) is 5.91 Å². The smallest absolute Gasteiger partial charge is 0.340 e. The predicted molar refractivity (Wildman–Crippen MR) is 114 cm³/mol. The molecule has 2 aromatic carbocycles. The summed E-state index contributed by atoms with van der Waals surface area (Å²) in [6.07, 6.45) is 1.60. The van der Waals surface area contributed by atoms with Crippen LogP contribution in [0.1, 0.15) is 34.7 Å². The summed E-state index contributed by atoms with van der Waals surface area (Å²) in [6.45, 7) is 4.78. The monoisotopic (exact) mass is 389 g/mol.